The molecule has 262 valence electrons. The fourth-order valence-electron chi connectivity index (χ4n) is 4.79. The number of amides is 5. The lowest BCUT2D eigenvalue weighted by molar-refractivity contribution is -0.198. The summed E-state index contributed by atoms with van der Waals surface area (Å²) in [7, 11) is 0. The molecule has 0 aliphatic carbocycles. The summed E-state index contributed by atoms with van der Waals surface area (Å²) in [4.78, 5) is 62.6. The molecule has 3 N–H and O–H groups in total. The highest BCUT2D eigenvalue weighted by atomic mass is 32.2. The Balaban J connectivity index is 0.955. The van der Waals surface area contributed by atoms with Crippen molar-refractivity contribution in [2.24, 2.45) is 0 Å². The number of urea groups is 1. The topological polar surface area (TPSA) is 189 Å². The second-order valence-corrected chi connectivity index (χ2v) is 12.0. The molecule has 3 saturated heterocycles. The minimum Gasteiger partial charge on any atom is -0.378 e. The lowest BCUT2D eigenvalue weighted by Crippen LogP contribution is -2.36. The summed E-state index contributed by atoms with van der Waals surface area (Å²) in [5.41, 5.74) is 0. The van der Waals surface area contributed by atoms with E-state index in [1.165, 1.54) is 0 Å². The van der Waals surface area contributed by atoms with Crippen molar-refractivity contribution in [1.82, 2.24) is 21.0 Å². The van der Waals surface area contributed by atoms with Crippen LogP contribution in [0.2, 0.25) is 0 Å². The quantitative estimate of drug-likeness (QED) is 0.0596. The third-order valence-corrected chi connectivity index (χ3v) is 8.67. The minimum absolute atomic E-state index is 0.0275. The van der Waals surface area contributed by atoms with E-state index in [0.29, 0.717) is 89.3 Å². The zero-order valence-corrected chi connectivity index (χ0v) is 27.2. The first kappa shape index (κ1) is 37.9. The average molecular weight is 677 g/mol. The number of unbranched alkanes of at least 4 members (excludes halogenated alkanes) is 1. The van der Waals surface area contributed by atoms with E-state index in [-0.39, 0.29) is 56.5 Å². The number of hydroxylamine groups is 2. The molecule has 17 heteroatoms. The molecule has 0 saturated carbocycles. The highest BCUT2D eigenvalue weighted by Gasteiger charge is 2.42. The average Bonchev–Trinajstić information content (AvgIpc) is 3.69. The molecule has 46 heavy (non-hydrogen) atoms. The highest BCUT2D eigenvalue weighted by Crippen LogP contribution is 2.33. The van der Waals surface area contributed by atoms with Crippen LogP contribution in [0.3, 0.4) is 0 Å². The van der Waals surface area contributed by atoms with E-state index in [2.05, 4.69) is 16.0 Å². The SMILES string of the molecule is O=C(CCCCC1SCC2NC(=O)NC21)NCCOCCOCCOCCOCCOCCOCCC(=O)ON1C(=O)CCC1=O. The van der Waals surface area contributed by atoms with Crippen LogP contribution in [0, 0.1) is 0 Å². The van der Waals surface area contributed by atoms with Gasteiger partial charge in [0.15, 0.2) is 0 Å². The summed E-state index contributed by atoms with van der Waals surface area (Å²) in [6.45, 7) is 5.01. The molecule has 0 radical (unpaired) electrons. The number of thioether (sulfide) groups is 1. The van der Waals surface area contributed by atoms with Crippen LogP contribution in [-0.4, -0.2) is 144 Å². The van der Waals surface area contributed by atoms with Crippen molar-refractivity contribution < 1.29 is 57.2 Å². The molecule has 3 aliphatic rings. The molecule has 0 spiro atoms. The van der Waals surface area contributed by atoms with Crippen LogP contribution in [0.1, 0.15) is 44.9 Å². The number of ether oxygens (including phenoxy) is 6. The monoisotopic (exact) mass is 676 g/mol. The fraction of sp³-hybridized carbons (Fsp3) is 0.828. The van der Waals surface area contributed by atoms with Gasteiger partial charge in [-0.3, -0.25) is 14.4 Å². The number of carbonyl (C=O) groups is 5. The summed E-state index contributed by atoms with van der Waals surface area (Å²) in [5, 5.41) is 9.75. The van der Waals surface area contributed by atoms with Gasteiger partial charge in [-0.05, 0) is 12.8 Å². The molecule has 3 aliphatic heterocycles. The number of fused-ring (bicyclic) bond motifs is 1. The highest BCUT2D eigenvalue weighted by molar-refractivity contribution is 8.00. The number of rotatable bonds is 27. The van der Waals surface area contributed by atoms with Gasteiger partial charge < -0.3 is 49.2 Å². The maximum absolute atomic E-state index is 12.0. The summed E-state index contributed by atoms with van der Waals surface area (Å²) >= 11 is 1.89. The Morgan fingerprint density at radius 1 is 0.717 bits per heavy atom. The zero-order valence-electron chi connectivity index (χ0n) is 26.3. The van der Waals surface area contributed by atoms with Crippen molar-refractivity contribution in [3.05, 3.63) is 0 Å². The van der Waals surface area contributed by atoms with Gasteiger partial charge in [0.05, 0.1) is 97.8 Å². The smallest absolute Gasteiger partial charge is 0.335 e. The number of carbonyl (C=O) groups excluding carboxylic acids is 5. The Hall–Kier alpha value is -2.54. The molecule has 0 bridgehead atoms. The van der Waals surface area contributed by atoms with E-state index in [9.17, 15) is 24.0 Å². The zero-order chi connectivity index (χ0) is 32.8. The third-order valence-electron chi connectivity index (χ3n) is 7.16. The van der Waals surface area contributed by atoms with Crippen LogP contribution in [0.25, 0.3) is 0 Å². The van der Waals surface area contributed by atoms with Gasteiger partial charge in [0.2, 0.25) is 5.91 Å². The predicted molar refractivity (Wildman–Crippen MR) is 164 cm³/mol. The van der Waals surface area contributed by atoms with Gasteiger partial charge >= 0.3 is 12.0 Å². The van der Waals surface area contributed by atoms with E-state index in [0.717, 1.165) is 25.0 Å². The number of nitrogens with zero attached hydrogens (tertiary/aromatic N) is 1. The Morgan fingerprint density at radius 3 is 1.85 bits per heavy atom. The molecule has 0 aromatic rings. The van der Waals surface area contributed by atoms with Gasteiger partial charge in [-0.25, -0.2) is 9.59 Å². The van der Waals surface area contributed by atoms with Crippen molar-refractivity contribution in [2.75, 3.05) is 91.6 Å². The molecule has 3 unspecified atom stereocenters. The lowest BCUT2D eigenvalue weighted by Gasteiger charge is -2.16. The second-order valence-electron chi connectivity index (χ2n) is 10.7. The standard InChI is InChI=1S/C29H48N4O12S/c34-24(4-2-1-3-23-28-22(21-46-23)31-29(38)32-28)30-8-10-40-12-14-42-16-18-44-20-19-43-17-15-41-13-11-39-9-7-27(37)45-33-25(35)5-6-26(33)36/h22-23,28H,1-21H2,(H,30,34)(H2,31,32,38). The fourth-order valence-corrected chi connectivity index (χ4v) is 6.33. The number of imide groups is 1. The summed E-state index contributed by atoms with van der Waals surface area (Å²) in [5.74, 6) is -0.750. The Morgan fingerprint density at radius 2 is 1.26 bits per heavy atom. The van der Waals surface area contributed by atoms with E-state index in [1.807, 2.05) is 11.8 Å². The van der Waals surface area contributed by atoms with E-state index in [1.54, 1.807) is 0 Å². The van der Waals surface area contributed by atoms with Gasteiger partial charge in [-0.15, -0.1) is 5.06 Å². The molecule has 3 rings (SSSR count). The van der Waals surface area contributed by atoms with E-state index < -0.39 is 17.8 Å². The normalized spacial score (nSPS) is 20.6. The van der Waals surface area contributed by atoms with Gasteiger partial charge in [0, 0.05) is 36.8 Å². The second kappa shape index (κ2) is 22.9. The first-order chi connectivity index (χ1) is 22.4. The lowest BCUT2D eigenvalue weighted by atomic mass is 10.0. The molecule has 0 aromatic heterocycles. The van der Waals surface area contributed by atoms with Crippen LogP contribution in [0.5, 0.6) is 0 Å². The third kappa shape index (κ3) is 15.4. The van der Waals surface area contributed by atoms with Crippen LogP contribution >= 0.6 is 11.8 Å². The maximum Gasteiger partial charge on any atom is 0.335 e. The molecule has 16 nitrogen and oxygen atoms in total. The van der Waals surface area contributed by atoms with E-state index in [4.69, 9.17) is 33.3 Å². The van der Waals surface area contributed by atoms with Gasteiger partial charge in [-0.1, -0.05) is 6.42 Å². The van der Waals surface area contributed by atoms with Crippen molar-refractivity contribution in [3.63, 3.8) is 0 Å². The van der Waals surface area contributed by atoms with Gasteiger partial charge in [0.1, 0.15) is 0 Å². The minimum atomic E-state index is -0.702. The summed E-state index contributed by atoms with van der Waals surface area (Å²) < 4.78 is 32.5. The molecular formula is C29H48N4O12S. The predicted octanol–water partition coefficient (Wildman–Crippen LogP) is -0.0747. The van der Waals surface area contributed by atoms with Gasteiger partial charge in [-0.2, -0.15) is 11.8 Å². The first-order valence-corrected chi connectivity index (χ1v) is 17.0. The van der Waals surface area contributed by atoms with Crippen LogP contribution in [-0.2, 0) is 52.4 Å². The van der Waals surface area contributed by atoms with Crippen LogP contribution in [0.15, 0.2) is 0 Å². The van der Waals surface area contributed by atoms with Crippen LogP contribution in [0.4, 0.5) is 4.79 Å². The van der Waals surface area contributed by atoms with Crippen molar-refractivity contribution in [1.29, 1.82) is 0 Å². The molecule has 3 atom stereocenters. The Labute approximate surface area is 273 Å². The number of hydrogen-bond acceptors (Lipinski definition) is 13. The van der Waals surface area contributed by atoms with Crippen molar-refractivity contribution in [2.45, 2.75) is 62.3 Å². The summed E-state index contributed by atoms with van der Waals surface area (Å²) in [6.07, 6.45) is 3.32. The molecule has 3 heterocycles. The number of nitrogens with one attached hydrogen (secondary N) is 3. The van der Waals surface area contributed by atoms with Crippen LogP contribution < -0.4 is 16.0 Å². The largest absolute Gasteiger partial charge is 0.378 e. The van der Waals surface area contributed by atoms with Crippen molar-refractivity contribution in [3.8, 4) is 0 Å². The maximum atomic E-state index is 12.0. The Bertz CT molecular complexity index is 945. The van der Waals surface area contributed by atoms with Gasteiger partial charge in [0.25, 0.3) is 11.8 Å². The molecule has 5 amide bonds. The van der Waals surface area contributed by atoms with E-state index >= 15 is 0 Å². The summed E-state index contributed by atoms with van der Waals surface area (Å²) in [6, 6.07) is 0.381. The number of hydrogen-bond donors (Lipinski definition) is 3. The van der Waals surface area contributed by atoms with Crippen molar-refractivity contribution >= 4 is 41.5 Å². The molecule has 3 fully saturated rings. The Kier molecular flexibility index (Phi) is 18.9. The first-order valence-electron chi connectivity index (χ1n) is 15.9. The molecule has 0 aromatic carbocycles. The molecular weight excluding hydrogens is 628 g/mol.